The van der Waals surface area contributed by atoms with E-state index in [0.29, 0.717) is 5.69 Å². The first-order chi connectivity index (χ1) is 7.67. The maximum absolute atomic E-state index is 11.7. The molecule has 1 rings (SSSR count). The molecule has 1 aromatic rings. The van der Waals surface area contributed by atoms with Gasteiger partial charge >= 0.3 is 0 Å². The van der Waals surface area contributed by atoms with Crippen molar-refractivity contribution in [3.05, 3.63) is 24.0 Å². The molecular weight excluding hydrogens is 202 g/mol. The van der Waals surface area contributed by atoms with Gasteiger partial charge in [-0.3, -0.25) is 4.79 Å². The average Bonchev–Trinajstić information content (AvgIpc) is 2.29. The van der Waals surface area contributed by atoms with Gasteiger partial charge in [-0.15, -0.1) is 0 Å². The zero-order chi connectivity index (χ0) is 12.0. The van der Waals surface area contributed by atoms with Crippen molar-refractivity contribution in [1.82, 2.24) is 10.3 Å². The van der Waals surface area contributed by atoms with E-state index in [-0.39, 0.29) is 11.9 Å². The molecule has 0 aliphatic rings. The van der Waals surface area contributed by atoms with Gasteiger partial charge in [-0.2, -0.15) is 0 Å². The first kappa shape index (κ1) is 12.5. The number of anilines is 1. The Morgan fingerprint density at radius 1 is 1.50 bits per heavy atom. The second kappa shape index (κ2) is 6.10. The van der Waals surface area contributed by atoms with E-state index in [2.05, 4.69) is 22.5 Å². The van der Waals surface area contributed by atoms with Crippen LogP contribution in [-0.2, 0) is 0 Å². The third-order valence-corrected chi connectivity index (χ3v) is 2.38. The number of nitrogens with one attached hydrogen (secondary N) is 2. The number of carbonyl (C=O) groups is 1. The molecule has 4 heteroatoms. The molecule has 88 valence electrons. The van der Waals surface area contributed by atoms with Crippen molar-refractivity contribution in [3.8, 4) is 0 Å². The topological polar surface area (TPSA) is 54.0 Å². The van der Waals surface area contributed by atoms with Crippen molar-refractivity contribution in [3.63, 3.8) is 0 Å². The maximum atomic E-state index is 11.7. The number of nitrogens with zero attached hydrogens (tertiary/aromatic N) is 1. The van der Waals surface area contributed by atoms with Gasteiger partial charge < -0.3 is 10.6 Å². The molecule has 0 radical (unpaired) electrons. The minimum absolute atomic E-state index is 0.108. The van der Waals surface area contributed by atoms with Gasteiger partial charge in [-0.05, 0) is 25.5 Å². The Hall–Kier alpha value is -1.58. The molecule has 1 heterocycles. The van der Waals surface area contributed by atoms with Gasteiger partial charge in [0.15, 0.2) is 0 Å². The molecule has 0 aromatic carbocycles. The Kier molecular flexibility index (Phi) is 4.76. The summed E-state index contributed by atoms with van der Waals surface area (Å²) in [5.41, 5.74) is 1.36. The fourth-order valence-electron chi connectivity index (χ4n) is 1.48. The van der Waals surface area contributed by atoms with E-state index in [1.165, 1.54) is 0 Å². The van der Waals surface area contributed by atoms with Crippen LogP contribution in [0.15, 0.2) is 18.3 Å². The number of rotatable bonds is 5. The Balaban J connectivity index is 2.59. The lowest BCUT2D eigenvalue weighted by Crippen LogP contribution is -2.32. The smallest absolute Gasteiger partial charge is 0.270 e. The van der Waals surface area contributed by atoms with Crippen molar-refractivity contribution >= 4 is 11.6 Å². The molecule has 0 bridgehead atoms. The van der Waals surface area contributed by atoms with E-state index in [1.54, 1.807) is 12.3 Å². The van der Waals surface area contributed by atoms with Crippen LogP contribution in [-0.4, -0.2) is 24.0 Å². The highest BCUT2D eigenvalue weighted by Gasteiger charge is 2.09. The molecule has 0 fully saturated rings. The van der Waals surface area contributed by atoms with Crippen molar-refractivity contribution < 1.29 is 4.79 Å². The van der Waals surface area contributed by atoms with E-state index < -0.39 is 0 Å². The molecule has 1 atom stereocenters. The lowest BCUT2D eigenvalue weighted by atomic mass is 10.2. The summed E-state index contributed by atoms with van der Waals surface area (Å²) in [7, 11) is 1.82. The zero-order valence-electron chi connectivity index (χ0n) is 10.1. The van der Waals surface area contributed by atoms with E-state index >= 15 is 0 Å². The molecule has 0 spiro atoms. The molecule has 1 amide bonds. The summed E-state index contributed by atoms with van der Waals surface area (Å²) in [5.74, 6) is -0.108. The van der Waals surface area contributed by atoms with Gasteiger partial charge in [0.2, 0.25) is 0 Å². The van der Waals surface area contributed by atoms with E-state index in [0.717, 1.165) is 18.5 Å². The fourth-order valence-corrected chi connectivity index (χ4v) is 1.48. The van der Waals surface area contributed by atoms with Gasteiger partial charge in [0, 0.05) is 13.1 Å². The molecule has 1 unspecified atom stereocenters. The Labute approximate surface area is 96.5 Å². The van der Waals surface area contributed by atoms with Crippen LogP contribution in [0.3, 0.4) is 0 Å². The summed E-state index contributed by atoms with van der Waals surface area (Å²) in [6, 6.07) is 3.76. The summed E-state index contributed by atoms with van der Waals surface area (Å²) < 4.78 is 0. The number of carbonyl (C=O) groups excluding carboxylic acids is 1. The van der Waals surface area contributed by atoms with Gasteiger partial charge in [0.05, 0.1) is 11.9 Å². The van der Waals surface area contributed by atoms with Crippen LogP contribution >= 0.6 is 0 Å². The highest BCUT2D eigenvalue weighted by molar-refractivity contribution is 5.92. The SMILES string of the molecule is CCCC(C)NC(=O)c1ccc(NC)cn1. The minimum atomic E-state index is -0.108. The Morgan fingerprint density at radius 3 is 2.75 bits per heavy atom. The van der Waals surface area contributed by atoms with Crippen LogP contribution < -0.4 is 10.6 Å². The number of amides is 1. The number of hydrogen-bond donors (Lipinski definition) is 2. The van der Waals surface area contributed by atoms with Crippen molar-refractivity contribution in [2.24, 2.45) is 0 Å². The molecule has 0 saturated heterocycles. The highest BCUT2D eigenvalue weighted by atomic mass is 16.1. The third-order valence-electron chi connectivity index (χ3n) is 2.38. The predicted molar refractivity (Wildman–Crippen MR) is 65.6 cm³/mol. The van der Waals surface area contributed by atoms with Gasteiger partial charge in [-0.25, -0.2) is 4.98 Å². The Bertz CT molecular complexity index is 335. The third kappa shape index (κ3) is 3.53. The summed E-state index contributed by atoms with van der Waals surface area (Å²) in [4.78, 5) is 15.8. The van der Waals surface area contributed by atoms with Gasteiger partial charge in [0.25, 0.3) is 5.91 Å². The molecule has 2 N–H and O–H groups in total. The lowest BCUT2D eigenvalue weighted by Gasteiger charge is -2.12. The monoisotopic (exact) mass is 221 g/mol. The predicted octanol–water partition coefficient (Wildman–Crippen LogP) is 2.04. The van der Waals surface area contributed by atoms with Crippen molar-refractivity contribution in [1.29, 1.82) is 0 Å². The summed E-state index contributed by atoms with van der Waals surface area (Å²) in [6.45, 7) is 4.10. The summed E-state index contributed by atoms with van der Waals surface area (Å²) in [5, 5.41) is 5.87. The van der Waals surface area contributed by atoms with Crippen LogP contribution in [0.2, 0.25) is 0 Å². The average molecular weight is 221 g/mol. The Morgan fingerprint density at radius 2 is 2.25 bits per heavy atom. The molecule has 0 aliphatic carbocycles. The zero-order valence-corrected chi connectivity index (χ0v) is 10.1. The second-order valence-electron chi connectivity index (χ2n) is 3.85. The van der Waals surface area contributed by atoms with E-state index in [9.17, 15) is 4.79 Å². The first-order valence-electron chi connectivity index (χ1n) is 5.62. The van der Waals surface area contributed by atoms with E-state index in [1.807, 2.05) is 20.0 Å². The summed E-state index contributed by atoms with van der Waals surface area (Å²) in [6.07, 6.45) is 3.70. The van der Waals surface area contributed by atoms with Crippen LogP contribution in [0.4, 0.5) is 5.69 Å². The number of pyridine rings is 1. The van der Waals surface area contributed by atoms with Crippen molar-refractivity contribution in [2.45, 2.75) is 32.7 Å². The van der Waals surface area contributed by atoms with E-state index in [4.69, 9.17) is 0 Å². The second-order valence-corrected chi connectivity index (χ2v) is 3.85. The van der Waals surface area contributed by atoms with Gasteiger partial charge in [0.1, 0.15) is 5.69 Å². The summed E-state index contributed by atoms with van der Waals surface area (Å²) >= 11 is 0. The van der Waals surface area contributed by atoms with Crippen LogP contribution in [0.5, 0.6) is 0 Å². The molecule has 1 aromatic heterocycles. The number of aromatic nitrogens is 1. The largest absolute Gasteiger partial charge is 0.387 e. The quantitative estimate of drug-likeness (QED) is 0.800. The minimum Gasteiger partial charge on any atom is -0.387 e. The maximum Gasteiger partial charge on any atom is 0.270 e. The van der Waals surface area contributed by atoms with Crippen LogP contribution in [0.25, 0.3) is 0 Å². The lowest BCUT2D eigenvalue weighted by molar-refractivity contribution is 0.0933. The highest BCUT2D eigenvalue weighted by Crippen LogP contribution is 2.05. The molecule has 0 saturated carbocycles. The molecule has 16 heavy (non-hydrogen) atoms. The normalized spacial score (nSPS) is 11.9. The fraction of sp³-hybridized carbons (Fsp3) is 0.500. The van der Waals surface area contributed by atoms with Gasteiger partial charge in [-0.1, -0.05) is 13.3 Å². The molecule has 0 aliphatic heterocycles. The van der Waals surface area contributed by atoms with Crippen LogP contribution in [0, 0.1) is 0 Å². The standard InChI is InChI=1S/C12H19N3O/c1-4-5-9(2)15-12(16)11-7-6-10(13-3)8-14-11/h6-9,13H,4-5H2,1-3H3,(H,15,16). The first-order valence-corrected chi connectivity index (χ1v) is 5.62. The molecule has 4 nitrogen and oxygen atoms in total. The van der Waals surface area contributed by atoms with Crippen molar-refractivity contribution in [2.75, 3.05) is 12.4 Å². The number of hydrogen-bond acceptors (Lipinski definition) is 3. The molecular formula is C12H19N3O. The van der Waals surface area contributed by atoms with Crippen LogP contribution in [0.1, 0.15) is 37.2 Å².